The van der Waals surface area contributed by atoms with Gasteiger partial charge in [0.1, 0.15) is 0 Å². The van der Waals surface area contributed by atoms with Crippen molar-refractivity contribution in [2.45, 2.75) is 69.7 Å². The van der Waals surface area contributed by atoms with Gasteiger partial charge >= 0.3 is 0 Å². The van der Waals surface area contributed by atoms with Crippen molar-refractivity contribution < 1.29 is 19.1 Å². The summed E-state index contributed by atoms with van der Waals surface area (Å²) in [5.41, 5.74) is 0.0336. The second-order valence-electron chi connectivity index (χ2n) is 9.24. The Morgan fingerprint density at radius 3 is 2.21 bits per heavy atom. The van der Waals surface area contributed by atoms with Gasteiger partial charge in [-0.2, -0.15) is 0 Å². The molecular weight excluding hydrogens is 370 g/mol. The summed E-state index contributed by atoms with van der Waals surface area (Å²) in [5, 5.41) is 3.14. The van der Waals surface area contributed by atoms with E-state index in [1.54, 1.807) is 0 Å². The maximum atomic E-state index is 12.6. The highest BCUT2D eigenvalue weighted by Gasteiger charge is 2.48. The van der Waals surface area contributed by atoms with Crippen LogP contribution < -0.4 is 5.32 Å². The lowest BCUT2D eigenvalue weighted by Gasteiger charge is -2.48. The maximum absolute atomic E-state index is 12.6. The fourth-order valence-electron chi connectivity index (χ4n) is 5.87. The first-order valence-electron chi connectivity index (χ1n) is 11.6. The van der Waals surface area contributed by atoms with Gasteiger partial charge in [0.25, 0.3) is 0 Å². The summed E-state index contributed by atoms with van der Waals surface area (Å²) >= 11 is 0. The first-order chi connectivity index (χ1) is 14.1. The Morgan fingerprint density at radius 2 is 1.59 bits per heavy atom. The molecule has 7 nitrogen and oxygen atoms in total. The highest BCUT2D eigenvalue weighted by Crippen LogP contribution is 2.38. The molecule has 7 heteroatoms. The van der Waals surface area contributed by atoms with Crippen LogP contribution in [0.3, 0.4) is 0 Å². The predicted molar refractivity (Wildman–Crippen MR) is 108 cm³/mol. The zero-order valence-corrected chi connectivity index (χ0v) is 17.5. The Morgan fingerprint density at radius 1 is 0.966 bits per heavy atom. The molecule has 2 aliphatic carbocycles. The fourth-order valence-corrected chi connectivity index (χ4v) is 5.87. The first kappa shape index (κ1) is 20.8. The molecule has 2 heterocycles. The number of morpholine rings is 1. The fraction of sp³-hybridized carbons (Fsp3) is 0.864. The number of amides is 3. The molecule has 1 N–H and O–H groups in total. The van der Waals surface area contributed by atoms with Gasteiger partial charge in [0.2, 0.25) is 17.7 Å². The number of likely N-dealkylation sites (tertiary alicyclic amines) is 1. The van der Waals surface area contributed by atoms with Gasteiger partial charge in [0.15, 0.2) is 0 Å². The van der Waals surface area contributed by atoms with Crippen LogP contribution in [-0.4, -0.2) is 72.5 Å². The third-order valence-corrected chi connectivity index (χ3v) is 7.58. The number of nitrogens with one attached hydrogen (secondary N) is 1. The Labute approximate surface area is 173 Å². The number of rotatable bonds is 6. The zero-order chi connectivity index (χ0) is 20.3. The van der Waals surface area contributed by atoms with Gasteiger partial charge in [-0.3, -0.25) is 24.2 Å². The van der Waals surface area contributed by atoms with E-state index in [0.717, 1.165) is 64.8 Å². The van der Waals surface area contributed by atoms with Gasteiger partial charge in [0, 0.05) is 38.1 Å². The quantitative estimate of drug-likeness (QED) is 0.681. The molecule has 4 rings (SSSR count). The number of hydrogen-bond acceptors (Lipinski definition) is 5. The lowest BCUT2D eigenvalue weighted by atomic mass is 9.79. The third kappa shape index (κ3) is 4.36. The summed E-state index contributed by atoms with van der Waals surface area (Å²) in [4.78, 5) is 41.6. The Kier molecular flexibility index (Phi) is 6.54. The SMILES string of the molecule is O=C(CCN1C(=O)[C@@H]2CCCC[C@H]2C1=O)NCC1(N2CCOCC2)CCCCC1. The molecule has 0 bridgehead atoms. The van der Waals surface area contributed by atoms with Crippen molar-refractivity contribution in [2.24, 2.45) is 11.8 Å². The van der Waals surface area contributed by atoms with Crippen LogP contribution in [-0.2, 0) is 19.1 Å². The van der Waals surface area contributed by atoms with E-state index in [0.29, 0.717) is 6.54 Å². The van der Waals surface area contributed by atoms with E-state index in [1.807, 2.05) is 0 Å². The summed E-state index contributed by atoms with van der Waals surface area (Å²) in [7, 11) is 0. The van der Waals surface area contributed by atoms with E-state index in [-0.39, 0.29) is 48.1 Å². The smallest absolute Gasteiger partial charge is 0.233 e. The van der Waals surface area contributed by atoms with E-state index >= 15 is 0 Å². The summed E-state index contributed by atoms with van der Waals surface area (Å²) in [6.07, 6.45) is 9.78. The van der Waals surface area contributed by atoms with Crippen LogP contribution in [0.25, 0.3) is 0 Å². The Bertz CT molecular complexity index is 602. The van der Waals surface area contributed by atoms with Crippen molar-refractivity contribution in [3.8, 4) is 0 Å². The van der Waals surface area contributed by atoms with Gasteiger partial charge in [0.05, 0.1) is 25.0 Å². The van der Waals surface area contributed by atoms with Crippen LogP contribution in [0.4, 0.5) is 0 Å². The molecule has 0 radical (unpaired) electrons. The van der Waals surface area contributed by atoms with E-state index in [1.165, 1.54) is 24.2 Å². The highest BCUT2D eigenvalue weighted by molar-refractivity contribution is 6.05. The molecule has 29 heavy (non-hydrogen) atoms. The molecule has 2 saturated heterocycles. The lowest BCUT2D eigenvalue weighted by Crippen LogP contribution is -2.59. The number of fused-ring (bicyclic) bond motifs is 1. The maximum Gasteiger partial charge on any atom is 0.233 e. The molecule has 2 atom stereocenters. The van der Waals surface area contributed by atoms with Crippen molar-refractivity contribution in [1.29, 1.82) is 0 Å². The molecular formula is C22H35N3O4. The summed E-state index contributed by atoms with van der Waals surface area (Å²) in [5.74, 6) is -0.426. The van der Waals surface area contributed by atoms with Crippen LogP contribution in [0.15, 0.2) is 0 Å². The highest BCUT2D eigenvalue weighted by atomic mass is 16.5. The van der Waals surface area contributed by atoms with Gasteiger partial charge < -0.3 is 10.1 Å². The van der Waals surface area contributed by atoms with Gasteiger partial charge in [-0.25, -0.2) is 0 Å². The van der Waals surface area contributed by atoms with Crippen LogP contribution >= 0.6 is 0 Å². The molecule has 0 aromatic rings. The zero-order valence-electron chi connectivity index (χ0n) is 17.5. The summed E-state index contributed by atoms with van der Waals surface area (Å²) in [6.45, 7) is 4.25. The number of carbonyl (C=O) groups excluding carboxylic acids is 3. The van der Waals surface area contributed by atoms with Crippen LogP contribution in [0.5, 0.6) is 0 Å². The molecule has 162 valence electrons. The van der Waals surface area contributed by atoms with Gasteiger partial charge in [-0.05, 0) is 25.7 Å². The van der Waals surface area contributed by atoms with Crippen molar-refractivity contribution in [2.75, 3.05) is 39.4 Å². The van der Waals surface area contributed by atoms with Crippen molar-refractivity contribution in [1.82, 2.24) is 15.1 Å². The second-order valence-corrected chi connectivity index (χ2v) is 9.24. The first-order valence-corrected chi connectivity index (χ1v) is 11.6. The van der Waals surface area contributed by atoms with Crippen LogP contribution in [0.1, 0.15) is 64.2 Å². The molecule has 0 aromatic carbocycles. The summed E-state index contributed by atoms with van der Waals surface area (Å²) in [6, 6.07) is 0. The van der Waals surface area contributed by atoms with Gasteiger partial charge in [-0.1, -0.05) is 32.1 Å². The number of imide groups is 1. The molecule has 3 amide bonds. The average Bonchev–Trinajstić information content (AvgIpc) is 3.02. The van der Waals surface area contributed by atoms with E-state index in [4.69, 9.17) is 4.74 Å². The van der Waals surface area contributed by atoms with Crippen LogP contribution in [0, 0.1) is 11.8 Å². The topological polar surface area (TPSA) is 79.0 Å². The van der Waals surface area contributed by atoms with Crippen molar-refractivity contribution in [3.05, 3.63) is 0 Å². The Hall–Kier alpha value is -1.47. The molecule has 2 saturated carbocycles. The molecule has 0 aromatic heterocycles. The number of nitrogens with zero attached hydrogens (tertiary/aromatic N) is 2. The minimum Gasteiger partial charge on any atom is -0.379 e. The largest absolute Gasteiger partial charge is 0.379 e. The van der Waals surface area contributed by atoms with Crippen molar-refractivity contribution >= 4 is 17.7 Å². The predicted octanol–water partition coefficient (Wildman–Crippen LogP) is 1.70. The number of hydrogen-bond donors (Lipinski definition) is 1. The molecule has 4 fully saturated rings. The minimum absolute atomic E-state index is 0.0336. The molecule has 4 aliphatic rings. The minimum atomic E-state index is -0.133. The second kappa shape index (κ2) is 9.13. The lowest BCUT2D eigenvalue weighted by molar-refractivity contribution is -0.140. The third-order valence-electron chi connectivity index (χ3n) is 7.58. The Balaban J connectivity index is 1.29. The standard InChI is InChI=1S/C22H35N3O4/c26-19(8-11-25-20(27)17-6-2-3-7-18(17)21(25)28)23-16-22(9-4-1-5-10-22)24-12-14-29-15-13-24/h17-18H,1-16H2,(H,23,26)/t17-,18-/m1/s1. The van der Waals surface area contributed by atoms with E-state index < -0.39 is 0 Å². The average molecular weight is 406 g/mol. The van der Waals surface area contributed by atoms with Crippen molar-refractivity contribution in [3.63, 3.8) is 0 Å². The van der Waals surface area contributed by atoms with Gasteiger partial charge in [-0.15, -0.1) is 0 Å². The van der Waals surface area contributed by atoms with E-state index in [9.17, 15) is 14.4 Å². The number of carbonyl (C=O) groups is 3. The normalized spacial score (nSPS) is 30.3. The van der Waals surface area contributed by atoms with E-state index in [2.05, 4.69) is 10.2 Å². The van der Waals surface area contributed by atoms with Crippen LogP contribution in [0.2, 0.25) is 0 Å². The molecule has 0 spiro atoms. The molecule has 0 unspecified atom stereocenters. The number of ether oxygens (including phenoxy) is 1. The monoisotopic (exact) mass is 405 g/mol. The molecule has 2 aliphatic heterocycles. The summed E-state index contributed by atoms with van der Waals surface area (Å²) < 4.78 is 5.52.